The molecule has 9 nitrogen and oxygen atoms in total. The van der Waals surface area contributed by atoms with Gasteiger partial charge in [0.25, 0.3) is 5.91 Å². The summed E-state index contributed by atoms with van der Waals surface area (Å²) in [6, 6.07) is 4.91. The molecule has 27 heavy (non-hydrogen) atoms. The Labute approximate surface area is 157 Å². The summed E-state index contributed by atoms with van der Waals surface area (Å²) < 4.78 is 6.77. The van der Waals surface area contributed by atoms with Crippen molar-refractivity contribution in [2.45, 2.75) is 39.8 Å². The predicted octanol–water partition coefficient (Wildman–Crippen LogP) is 0.981. The fraction of sp³-hybridized carbons (Fsp3) is 0.500. The quantitative estimate of drug-likeness (QED) is 0.755. The number of hydrogen-bond donors (Lipinski definition) is 1. The van der Waals surface area contributed by atoms with Gasteiger partial charge in [-0.2, -0.15) is 0 Å². The zero-order valence-corrected chi connectivity index (χ0v) is 16.3. The average molecular weight is 375 g/mol. The van der Waals surface area contributed by atoms with Gasteiger partial charge in [-0.1, -0.05) is 5.21 Å². The van der Waals surface area contributed by atoms with E-state index in [1.807, 2.05) is 27.7 Å². The van der Waals surface area contributed by atoms with Crippen molar-refractivity contribution in [3.05, 3.63) is 23.8 Å². The first-order valence-electron chi connectivity index (χ1n) is 8.66. The molecule has 0 aliphatic rings. The maximum atomic E-state index is 12.2. The molecule has 0 aliphatic heterocycles. The van der Waals surface area contributed by atoms with E-state index < -0.39 is 18.5 Å². The van der Waals surface area contributed by atoms with Gasteiger partial charge < -0.3 is 15.0 Å². The third-order valence-corrected chi connectivity index (χ3v) is 3.70. The lowest BCUT2D eigenvalue weighted by Gasteiger charge is -2.23. The molecule has 1 aromatic heterocycles. The Morgan fingerprint density at radius 1 is 1.26 bits per heavy atom. The Balaban J connectivity index is 1.90. The molecule has 2 rings (SSSR count). The molecule has 0 saturated carbocycles. The standard InChI is InChI=1S/C18H25N5O4/c1-6-23-14-8-7-12(9-13(14)20-21-23)17(26)27-11-16(25)22(5)10-15(24)19-18(2,3)4/h7-9H,6,10-11H2,1-5H3,(H,19,24). The van der Waals surface area contributed by atoms with Crippen molar-refractivity contribution >= 4 is 28.8 Å². The van der Waals surface area contributed by atoms with Crippen LogP contribution in [0.3, 0.4) is 0 Å². The van der Waals surface area contributed by atoms with Crippen molar-refractivity contribution in [3.63, 3.8) is 0 Å². The van der Waals surface area contributed by atoms with Crippen LogP contribution in [0.2, 0.25) is 0 Å². The summed E-state index contributed by atoms with van der Waals surface area (Å²) >= 11 is 0. The van der Waals surface area contributed by atoms with Crippen LogP contribution >= 0.6 is 0 Å². The highest BCUT2D eigenvalue weighted by atomic mass is 16.5. The van der Waals surface area contributed by atoms with Gasteiger partial charge in [0.2, 0.25) is 5.91 Å². The van der Waals surface area contributed by atoms with Gasteiger partial charge in [-0.25, -0.2) is 9.48 Å². The smallest absolute Gasteiger partial charge is 0.338 e. The third-order valence-electron chi connectivity index (χ3n) is 3.70. The summed E-state index contributed by atoms with van der Waals surface area (Å²) in [7, 11) is 1.48. The van der Waals surface area contributed by atoms with Crippen molar-refractivity contribution in [2.24, 2.45) is 0 Å². The van der Waals surface area contributed by atoms with Crippen LogP contribution in [0.5, 0.6) is 0 Å². The molecule has 1 heterocycles. The van der Waals surface area contributed by atoms with Gasteiger partial charge in [-0.15, -0.1) is 5.10 Å². The molecular weight excluding hydrogens is 350 g/mol. The van der Waals surface area contributed by atoms with E-state index in [1.165, 1.54) is 11.9 Å². The highest BCUT2D eigenvalue weighted by Crippen LogP contribution is 2.14. The zero-order chi connectivity index (χ0) is 20.2. The molecule has 0 fully saturated rings. The van der Waals surface area contributed by atoms with Crippen LogP contribution in [0.4, 0.5) is 0 Å². The number of benzene rings is 1. The van der Waals surface area contributed by atoms with Crippen molar-refractivity contribution in [3.8, 4) is 0 Å². The molecule has 2 amide bonds. The SMILES string of the molecule is CCn1nnc2cc(C(=O)OCC(=O)N(C)CC(=O)NC(C)(C)C)ccc21. The molecule has 0 atom stereocenters. The Morgan fingerprint density at radius 2 is 1.96 bits per heavy atom. The molecule has 1 N–H and O–H groups in total. The molecular formula is C18H25N5O4. The maximum absolute atomic E-state index is 12.2. The van der Waals surface area contributed by atoms with E-state index in [9.17, 15) is 14.4 Å². The first kappa shape index (κ1) is 20.3. The van der Waals surface area contributed by atoms with Crippen LogP contribution in [0.25, 0.3) is 11.0 Å². The molecule has 0 radical (unpaired) electrons. The largest absolute Gasteiger partial charge is 0.452 e. The molecule has 0 aliphatic carbocycles. The van der Waals surface area contributed by atoms with Crippen LogP contribution in [0.15, 0.2) is 18.2 Å². The molecule has 0 bridgehead atoms. The van der Waals surface area contributed by atoms with Crippen LogP contribution < -0.4 is 5.32 Å². The number of amides is 2. The number of likely N-dealkylation sites (N-methyl/N-ethyl adjacent to an activating group) is 1. The summed E-state index contributed by atoms with van der Waals surface area (Å²) in [6.07, 6.45) is 0. The zero-order valence-electron chi connectivity index (χ0n) is 16.3. The van der Waals surface area contributed by atoms with E-state index in [0.29, 0.717) is 12.1 Å². The van der Waals surface area contributed by atoms with Gasteiger partial charge in [-0.3, -0.25) is 9.59 Å². The Kier molecular flexibility index (Phi) is 6.14. The molecule has 0 unspecified atom stereocenters. The van der Waals surface area contributed by atoms with Gasteiger partial charge in [0, 0.05) is 19.1 Å². The fourth-order valence-electron chi connectivity index (χ4n) is 2.41. The minimum atomic E-state index is -0.635. The predicted molar refractivity (Wildman–Crippen MR) is 99.0 cm³/mol. The number of hydrogen-bond acceptors (Lipinski definition) is 6. The van der Waals surface area contributed by atoms with Crippen molar-refractivity contribution < 1.29 is 19.1 Å². The first-order valence-corrected chi connectivity index (χ1v) is 8.66. The van der Waals surface area contributed by atoms with Crippen LogP contribution in [0.1, 0.15) is 38.1 Å². The second-order valence-electron chi connectivity index (χ2n) is 7.23. The van der Waals surface area contributed by atoms with Crippen LogP contribution in [0, 0.1) is 0 Å². The van der Waals surface area contributed by atoms with E-state index in [4.69, 9.17) is 4.74 Å². The van der Waals surface area contributed by atoms with Gasteiger partial charge in [0.05, 0.1) is 17.6 Å². The second kappa shape index (κ2) is 8.15. The van der Waals surface area contributed by atoms with Gasteiger partial charge in [0.15, 0.2) is 6.61 Å². The van der Waals surface area contributed by atoms with Gasteiger partial charge in [-0.05, 0) is 45.9 Å². The van der Waals surface area contributed by atoms with Crippen LogP contribution in [-0.4, -0.2) is 63.4 Å². The first-order chi connectivity index (χ1) is 12.6. The minimum Gasteiger partial charge on any atom is -0.452 e. The van der Waals surface area contributed by atoms with Gasteiger partial charge in [0.1, 0.15) is 5.52 Å². The molecule has 1 aromatic carbocycles. The number of esters is 1. The van der Waals surface area contributed by atoms with Crippen molar-refractivity contribution in [1.82, 2.24) is 25.2 Å². The van der Waals surface area contributed by atoms with Crippen molar-refractivity contribution in [2.75, 3.05) is 20.2 Å². The lowest BCUT2D eigenvalue weighted by molar-refractivity contribution is -0.137. The van der Waals surface area contributed by atoms with E-state index in [1.54, 1.807) is 22.9 Å². The maximum Gasteiger partial charge on any atom is 0.338 e. The molecule has 0 spiro atoms. The normalized spacial score (nSPS) is 11.3. The lowest BCUT2D eigenvalue weighted by atomic mass is 10.1. The van der Waals surface area contributed by atoms with E-state index >= 15 is 0 Å². The number of nitrogens with zero attached hydrogens (tertiary/aromatic N) is 4. The van der Waals surface area contributed by atoms with Crippen LogP contribution in [-0.2, 0) is 20.9 Å². The Morgan fingerprint density at radius 3 is 2.59 bits per heavy atom. The minimum absolute atomic E-state index is 0.111. The van der Waals surface area contributed by atoms with E-state index in [-0.39, 0.29) is 23.6 Å². The summed E-state index contributed by atoms with van der Waals surface area (Å²) in [5.74, 6) is -1.39. The summed E-state index contributed by atoms with van der Waals surface area (Å²) in [4.78, 5) is 37.3. The number of carbonyl (C=O) groups excluding carboxylic acids is 3. The number of ether oxygens (including phenoxy) is 1. The van der Waals surface area contributed by atoms with Crippen molar-refractivity contribution in [1.29, 1.82) is 0 Å². The third kappa shape index (κ3) is 5.50. The summed E-state index contributed by atoms with van der Waals surface area (Å²) in [6.45, 7) is 7.61. The topological polar surface area (TPSA) is 106 Å². The fourth-order valence-corrected chi connectivity index (χ4v) is 2.41. The molecule has 9 heteroatoms. The van der Waals surface area contributed by atoms with E-state index in [0.717, 1.165) is 5.52 Å². The summed E-state index contributed by atoms with van der Waals surface area (Å²) in [5.41, 5.74) is 1.29. The van der Waals surface area contributed by atoms with Gasteiger partial charge >= 0.3 is 5.97 Å². The molecule has 2 aromatic rings. The number of fused-ring (bicyclic) bond motifs is 1. The highest BCUT2D eigenvalue weighted by molar-refractivity contribution is 5.95. The number of aryl methyl sites for hydroxylation is 1. The van der Waals surface area contributed by atoms with E-state index in [2.05, 4.69) is 15.6 Å². The number of rotatable bonds is 6. The highest BCUT2D eigenvalue weighted by Gasteiger charge is 2.19. The number of aromatic nitrogens is 3. The average Bonchev–Trinajstić information content (AvgIpc) is 2.99. The molecule has 146 valence electrons. The summed E-state index contributed by atoms with van der Waals surface area (Å²) in [5, 5.41) is 10.7. The lowest BCUT2D eigenvalue weighted by Crippen LogP contribution is -2.46. The monoisotopic (exact) mass is 375 g/mol. The molecule has 0 saturated heterocycles. The Hall–Kier alpha value is -2.97. The Bertz CT molecular complexity index is 853. The number of nitrogens with one attached hydrogen (secondary N) is 1. The number of carbonyl (C=O) groups is 3. The second-order valence-corrected chi connectivity index (χ2v) is 7.23.